The van der Waals surface area contributed by atoms with E-state index in [4.69, 9.17) is 9.47 Å². The van der Waals surface area contributed by atoms with Crippen LogP contribution in [0.15, 0.2) is 60.7 Å². The molecule has 0 aliphatic carbocycles. The number of hydrogen-bond acceptors (Lipinski definition) is 6. The van der Waals surface area contributed by atoms with Gasteiger partial charge in [0.25, 0.3) is 5.91 Å². The lowest BCUT2D eigenvalue weighted by molar-refractivity contribution is -0.120. The highest BCUT2D eigenvalue weighted by Gasteiger charge is 2.21. The van der Waals surface area contributed by atoms with E-state index in [0.717, 1.165) is 33.3 Å². The topological polar surface area (TPSA) is 54.9 Å². The summed E-state index contributed by atoms with van der Waals surface area (Å²) in [5.41, 5.74) is 0.846. The lowest BCUT2D eigenvalue weighted by Crippen LogP contribution is -2.39. The molecule has 31 heavy (non-hydrogen) atoms. The molecule has 0 saturated carbocycles. The summed E-state index contributed by atoms with van der Waals surface area (Å²) in [6, 6.07) is 19.6. The molecule has 0 atom stereocenters. The van der Waals surface area contributed by atoms with E-state index in [1.807, 2.05) is 73.6 Å². The van der Waals surface area contributed by atoms with Crippen molar-refractivity contribution in [3.63, 3.8) is 0 Å². The lowest BCUT2D eigenvalue weighted by Gasteiger charge is -2.22. The fourth-order valence-corrected chi connectivity index (χ4v) is 4.28. The van der Waals surface area contributed by atoms with Gasteiger partial charge in [-0.1, -0.05) is 41.7 Å². The Morgan fingerprint density at radius 1 is 0.968 bits per heavy atom. The predicted molar refractivity (Wildman–Crippen MR) is 127 cm³/mol. The first kappa shape index (κ1) is 21.1. The van der Waals surface area contributed by atoms with Crippen LogP contribution in [0.4, 0.5) is 5.13 Å². The number of aromatic nitrogens is 1. The summed E-state index contributed by atoms with van der Waals surface area (Å²) in [5, 5.41) is 2.88. The number of rotatable bonds is 8. The van der Waals surface area contributed by atoms with Crippen LogP contribution in [0.2, 0.25) is 0 Å². The SMILES string of the molecule is COc1ccc2nc(N(CCN(C)C)C(=O)COc3ccc4ccccc4c3)sc2c1. The molecular formula is C24H25N3O3S. The van der Waals surface area contributed by atoms with E-state index >= 15 is 0 Å². The molecule has 3 aromatic carbocycles. The van der Waals surface area contributed by atoms with Crippen molar-refractivity contribution in [3.05, 3.63) is 60.7 Å². The molecule has 0 N–H and O–H groups in total. The summed E-state index contributed by atoms with van der Waals surface area (Å²) in [5.74, 6) is 1.32. The lowest BCUT2D eigenvalue weighted by atomic mass is 10.1. The fraction of sp³-hybridized carbons (Fsp3) is 0.250. The molecule has 1 amide bonds. The summed E-state index contributed by atoms with van der Waals surface area (Å²) in [6.07, 6.45) is 0. The third-order valence-corrected chi connectivity index (χ3v) is 6.01. The second-order valence-corrected chi connectivity index (χ2v) is 8.49. The minimum absolute atomic E-state index is 0.0506. The van der Waals surface area contributed by atoms with E-state index in [2.05, 4.69) is 11.1 Å². The molecule has 4 aromatic rings. The molecule has 0 saturated heterocycles. The second-order valence-electron chi connectivity index (χ2n) is 7.48. The molecule has 0 unspecified atom stereocenters. The number of carbonyl (C=O) groups excluding carboxylic acids is 1. The minimum Gasteiger partial charge on any atom is -0.497 e. The first-order valence-electron chi connectivity index (χ1n) is 10.0. The summed E-state index contributed by atoms with van der Waals surface area (Å²) in [4.78, 5) is 21.5. The normalized spacial score (nSPS) is 11.2. The Bertz CT molecular complexity index is 1210. The highest BCUT2D eigenvalue weighted by atomic mass is 32.1. The molecule has 0 spiro atoms. The van der Waals surface area contributed by atoms with E-state index in [9.17, 15) is 4.79 Å². The molecule has 0 fully saturated rings. The number of thiazole rings is 1. The van der Waals surface area contributed by atoms with Crippen molar-refractivity contribution in [2.45, 2.75) is 0 Å². The van der Waals surface area contributed by atoms with Crippen LogP contribution in [0, 0.1) is 0 Å². The van der Waals surface area contributed by atoms with Gasteiger partial charge in [0.2, 0.25) is 0 Å². The first-order chi connectivity index (χ1) is 15.0. The largest absolute Gasteiger partial charge is 0.497 e. The Hall–Kier alpha value is -3.16. The monoisotopic (exact) mass is 435 g/mol. The van der Waals surface area contributed by atoms with Crippen LogP contribution < -0.4 is 14.4 Å². The molecule has 0 radical (unpaired) electrons. The van der Waals surface area contributed by atoms with Gasteiger partial charge in [0, 0.05) is 13.1 Å². The van der Waals surface area contributed by atoms with E-state index < -0.39 is 0 Å². The van der Waals surface area contributed by atoms with Crippen molar-refractivity contribution in [1.82, 2.24) is 9.88 Å². The van der Waals surface area contributed by atoms with Gasteiger partial charge in [-0.2, -0.15) is 0 Å². The Balaban J connectivity index is 1.53. The number of nitrogens with zero attached hydrogens (tertiary/aromatic N) is 3. The zero-order valence-corrected chi connectivity index (χ0v) is 18.7. The zero-order valence-electron chi connectivity index (χ0n) is 17.9. The maximum Gasteiger partial charge on any atom is 0.266 e. The number of carbonyl (C=O) groups is 1. The third-order valence-electron chi connectivity index (χ3n) is 4.97. The van der Waals surface area contributed by atoms with Crippen LogP contribution >= 0.6 is 11.3 Å². The number of fused-ring (bicyclic) bond motifs is 2. The average Bonchev–Trinajstić information content (AvgIpc) is 3.20. The third kappa shape index (κ3) is 4.95. The van der Waals surface area contributed by atoms with Gasteiger partial charge in [-0.25, -0.2) is 4.98 Å². The molecule has 7 heteroatoms. The maximum atomic E-state index is 13.1. The Kier molecular flexibility index (Phi) is 6.34. The van der Waals surface area contributed by atoms with Gasteiger partial charge in [-0.15, -0.1) is 0 Å². The van der Waals surface area contributed by atoms with E-state index in [1.165, 1.54) is 11.3 Å². The first-order valence-corrected chi connectivity index (χ1v) is 10.9. The van der Waals surface area contributed by atoms with Crippen molar-refractivity contribution in [2.75, 3.05) is 45.8 Å². The molecule has 6 nitrogen and oxygen atoms in total. The fourth-order valence-electron chi connectivity index (χ4n) is 3.24. The summed E-state index contributed by atoms with van der Waals surface area (Å²) < 4.78 is 12.1. The van der Waals surface area contributed by atoms with Crippen molar-refractivity contribution in [3.8, 4) is 11.5 Å². The molecule has 0 aliphatic heterocycles. The molecule has 1 aromatic heterocycles. The van der Waals surface area contributed by atoms with Crippen molar-refractivity contribution >= 4 is 43.4 Å². The van der Waals surface area contributed by atoms with Gasteiger partial charge < -0.3 is 14.4 Å². The quantitative estimate of drug-likeness (QED) is 0.410. The number of likely N-dealkylation sites (N-methyl/N-ethyl adjacent to an activating group) is 1. The van der Waals surface area contributed by atoms with Crippen molar-refractivity contribution in [1.29, 1.82) is 0 Å². The van der Waals surface area contributed by atoms with E-state index in [1.54, 1.807) is 12.0 Å². The maximum absolute atomic E-state index is 13.1. The van der Waals surface area contributed by atoms with Crippen LogP contribution in [0.3, 0.4) is 0 Å². The average molecular weight is 436 g/mol. The Labute approximate surface area is 185 Å². The van der Waals surface area contributed by atoms with Gasteiger partial charge in [-0.3, -0.25) is 9.69 Å². The molecule has 0 bridgehead atoms. The molecule has 1 heterocycles. The number of hydrogen-bond donors (Lipinski definition) is 0. The number of anilines is 1. The zero-order chi connectivity index (χ0) is 21.8. The summed E-state index contributed by atoms with van der Waals surface area (Å²) in [6.45, 7) is 1.20. The van der Waals surface area contributed by atoms with Crippen LogP contribution in [0.5, 0.6) is 11.5 Å². The Morgan fingerprint density at radius 3 is 2.52 bits per heavy atom. The highest BCUT2D eigenvalue weighted by Crippen LogP contribution is 2.31. The summed E-state index contributed by atoms with van der Waals surface area (Å²) in [7, 11) is 5.61. The van der Waals surface area contributed by atoms with Gasteiger partial charge in [0.15, 0.2) is 11.7 Å². The van der Waals surface area contributed by atoms with Crippen molar-refractivity contribution < 1.29 is 14.3 Å². The van der Waals surface area contributed by atoms with Crippen molar-refractivity contribution in [2.24, 2.45) is 0 Å². The smallest absolute Gasteiger partial charge is 0.266 e. The molecule has 4 rings (SSSR count). The molecule has 0 aliphatic rings. The number of ether oxygens (including phenoxy) is 2. The van der Waals surface area contributed by atoms with Crippen LogP contribution in [0.25, 0.3) is 21.0 Å². The standard InChI is InChI=1S/C24H25N3O3S/c1-26(2)12-13-27(24-25-21-11-10-19(29-3)15-22(21)31-24)23(28)16-30-20-9-8-17-6-4-5-7-18(17)14-20/h4-11,14-15H,12-13,16H2,1-3H3. The number of benzene rings is 3. The van der Waals surface area contributed by atoms with Gasteiger partial charge in [-0.05, 0) is 55.2 Å². The molecular weight excluding hydrogens is 410 g/mol. The van der Waals surface area contributed by atoms with Gasteiger partial charge in [0.05, 0.1) is 17.3 Å². The van der Waals surface area contributed by atoms with Crippen LogP contribution in [-0.2, 0) is 4.79 Å². The predicted octanol–water partition coefficient (Wildman–Crippen LogP) is 4.43. The minimum atomic E-state index is -0.124. The highest BCUT2D eigenvalue weighted by molar-refractivity contribution is 7.22. The van der Waals surface area contributed by atoms with Crippen LogP contribution in [-0.4, -0.2) is 56.7 Å². The number of methoxy groups -OCH3 is 1. The summed E-state index contributed by atoms with van der Waals surface area (Å²) >= 11 is 1.48. The van der Waals surface area contributed by atoms with Gasteiger partial charge in [0.1, 0.15) is 11.5 Å². The second kappa shape index (κ2) is 9.32. The van der Waals surface area contributed by atoms with E-state index in [0.29, 0.717) is 17.4 Å². The Morgan fingerprint density at radius 2 is 1.74 bits per heavy atom. The molecule has 160 valence electrons. The van der Waals surface area contributed by atoms with Gasteiger partial charge >= 0.3 is 0 Å². The number of amides is 1. The van der Waals surface area contributed by atoms with Crippen LogP contribution in [0.1, 0.15) is 0 Å². The van der Waals surface area contributed by atoms with E-state index in [-0.39, 0.29) is 12.5 Å².